The Morgan fingerprint density at radius 1 is 1.32 bits per heavy atom. The van der Waals surface area contributed by atoms with E-state index in [0.29, 0.717) is 37.1 Å². The van der Waals surface area contributed by atoms with Crippen molar-refractivity contribution in [2.75, 3.05) is 6.54 Å². The van der Waals surface area contributed by atoms with Crippen LogP contribution in [0.1, 0.15) is 57.2 Å². The number of aromatic nitrogens is 2. The van der Waals surface area contributed by atoms with E-state index < -0.39 is 5.92 Å². The summed E-state index contributed by atoms with van der Waals surface area (Å²) in [5, 5.41) is 11.2. The molecule has 108 valence electrons. The first kappa shape index (κ1) is 14.4. The summed E-state index contributed by atoms with van der Waals surface area (Å²) < 4.78 is 31.7. The van der Waals surface area contributed by atoms with Crippen LogP contribution in [0, 0.1) is 0 Å². The summed E-state index contributed by atoms with van der Waals surface area (Å²) in [6.07, 6.45) is 1.38. The van der Waals surface area contributed by atoms with Crippen molar-refractivity contribution in [1.82, 2.24) is 15.5 Å². The Morgan fingerprint density at radius 3 is 2.63 bits per heavy atom. The molecule has 1 aliphatic carbocycles. The molecule has 1 aliphatic rings. The molecule has 0 spiro atoms. The zero-order valence-corrected chi connectivity index (χ0v) is 11.5. The van der Waals surface area contributed by atoms with Crippen LogP contribution in [0.2, 0.25) is 0 Å². The van der Waals surface area contributed by atoms with E-state index in [1.807, 2.05) is 0 Å². The van der Waals surface area contributed by atoms with Crippen LogP contribution in [0.4, 0.5) is 8.78 Å². The Balaban J connectivity index is 1.84. The predicted molar refractivity (Wildman–Crippen MR) is 67.3 cm³/mol. The van der Waals surface area contributed by atoms with Gasteiger partial charge in [0, 0.05) is 37.8 Å². The molecule has 1 aromatic heterocycles. The molecular formula is C13H21F2N3O. The average molecular weight is 273 g/mol. The van der Waals surface area contributed by atoms with Crippen LogP contribution >= 0.6 is 0 Å². The molecule has 0 aromatic carbocycles. The third kappa shape index (κ3) is 4.23. The van der Waals surface area contributed by atoms with Crippen LogP contribution in [-0.2, 0) is 6.42 Å². The van der Waals surface area contributed by atoms with Gasteiger partial charge < -0.3 is 9.73 Å². The lowest BCUT2D eigenvalue weighted by atomic mass is 9.87. The minimum absolute atomic E-state index is 0.000988. The molecule has 6 heteroatoms. The van der Waals surface area contributed by atoms with E-state index in [2.05, 4.69) is 29.4 Å². The lowest BCUT2D eigenvalue weighted by Crippen LogP contribution is -2.25. The summed E-state index contributed by atoms with van der Waals surface area (Å²) in [4.78, 5) is 0. The first-order chi connectivity index (χ1) is 8.96. The van der Waals surface area contributed by atoms with E-state index in [0.717, 1.165) is 6.54 Å². The highest BCUT2D eigenvalue weighted by Crippen LogP contribution is 2.40. The molecule has 1 saturated carbocycles. The van der Waals surface area contributed by atoms with Crippen LogP contribution < -0.4 is 5.32 Å². The third-order valence-corrected chi connectivity index (χ3v) is 3.44. The standard InChI is InChI=1S/C13H21F2N3O/c1-9(2)16-8-5-11-17-18-12(19-11)10-3-6-13(14,15)7-4-10/h9-10,16H,3-8H2,1-2H3. The summed E-state index contributed by atoms with van der Waals surface area (Å²) in [6.45, 7) is 4.92. The Bertz CT molecular complexity index is 396. The average Bonchev–Trinajstić information content (AvgIpc) is 2.77. The molecule has 1 aromatic rings. The van der Waals surface area contributed by atoms with Crippen molar-refractivity contribution >= 4 is 0 Å². The zero-order valence-electron chi connectivity index (χ0n) is 11.5. The fourth-order valence-electron chi connectivity index (χ4n) is 2.29. The number of hydrogen-bond donors (Lipinski definition) is 1. The number of halogens is 2. The number of nitrogens with one attached hydrogen (secondary N) is 1. The van der Waals surface area contributed by atoms with E-state index in [1.54, 1.807) is 0 Å². The van der Waals surface area contributed by atoms with Gasteiger partial charge in [-0.1, -0.05) is 13.8 Å². The molecule has 0 bridgehead atoms. The topological polar surface area (TPSA) is 51.0 Å². The lowest BCUT2D eigenvalue weighted by Gasteiger charge is -2.25. The SMILES string of the molecule is CC(C)NCCc1nnc(C2CCC(F)(F)CC2)o1. The van der Waals surface area contributed by atoms with Gasteiger partial charge in [-0.2, -0.15) is 0 Å². The second-order valence-corrected chi connectivity index (χ2v) is 5.52. The van der Waals surface area contributed by atoms with Crippen LogP contribution in [0.3, 0.4) is 0 Å². The van der Waals surface area contributed by atoms with Crippen molar-refractivity contribution in [3.63, 3.8) is 0 Å². The monoisotopic (exact) mass is 273 g/mol. The van der Waals surface area contributed by atoms with Gasteiger partial charge in [0.05, 0.1) is 0 Å². The molecule has 0 unspecified atom stereocenters. The maximum absolute atomic E-state index is 13.1. The normalized spacial score (nSPS) is 20.1. The van der Waals surface area contributed by atoms with Gasteiger partial charge >= 0.3 is 0 Å². The van der Waals surface area contributed by atoms with Gasteiger partial charge in [0.25, 0.3) is 0 Å². The quantitative estimate of drug-likeness (QED) is 0.896. The fraction of sp³-hybridized carbons (Fsp3) is 0.846. The second-order valence-electron chi connectivity index (χ2n) is 5.52. The molecule has 0 radical (unpaired) electrons. The van der Waals surface area contributed by atoms with E-state index >= 15 is 0 Å². The molecule has 1 heterocycles. The molecule has 0 amide bonds. The minimum atomic E-state index is -2.51. The highest BCUT2D eigenvalue weighted by molar-refractivity contribution is 4.96. The minimum Gasteiger partial charge on any atom is -0.425 e. The van der Waals surface area contributed by atoms with Crippen molar-refractivity contribution in [3.8, 4) is 0 Å². The third-order valence-electron chi connectivity index (χ3n) is 3.44. The molecule has 1 fully saturated rings. The number of rotatable bonds is 5. The van der Waals surface area contributed by atoms with Crippen LogP contribution in [-0.4, -0.2) is 28.7 Å². The zero-order chi connectivity index (χ0) is 13.9. The summed E-state index contributed by atoms with van der Waals surface area (Å²) in [6, 6.07) is 0.419. The highest BCUT2D eigenvalue weighted by atomic mass is 19.3. The maximum Gasteiger partial charge on any atom is 0.248 e. The molecule has 0 aliphatic heterocycles. The number of alkyl halides is 2. The molecule has 0 saturated heterocycles. The molecule has 2 rings (SSSR count). The smallest absolute Gasteiger partial charge is 0.248 e. The Kier molecular flexibility index (Phi) is 4.50. The van der Waals surface area contributed by atoms with Gasteiger partial charge in [0.1, 0.15) is 0 Å². The van der Waals surface area contributed by atoms with Crippen molar-refractivity contribution in [2.45, 2.75) is 63.8 Å². The molecule has 1 N–H and O–H groups in total. The summed E-state index contributed by atoms with van der Waals surface area (Å²) in [5.41, 5.74) is 0. The first-order valence-corrected chi connectivity index (χ1v) is 6.90. The number of hydrogen-bond acceptors (Lipinski definition) is 4. The van der Waals surface area contributed by atoms with Crippen molar-refractivity contribution < 1.29 is 13.2 Å². The lowest BCUT2D eigenvalue weighted by molar-refractivity contribution is -0.0399. The van der Waals surface area contributed by atoms with E-state index in [1.165, 1.54) is 0 Å². The Labute approximate surface area is 112 Å². The van der Waals surface area contributed by atoms with Crippen LogP contribution in [0.15, 0.2) is 4.42 Å². The van der Waals surface area contributed by atoms with Crippen molar-refractivity contribution in [3.05, 3.63) is 11.8 Å². The Morgan fingerprint density at radius 2 is 2.00 bits per heavy atom. The fourth-order valence-corrected chi connectivity index (χ4v) is 2.29. The van der Waals surface area contributed by atoms with Crippen molar-refractivity contribution in [1.29, 1.82) is 0 Å². The molecule has 19 heavy (non-hydrogen) atoms. The Hall–Kier alpha value is -1.04. The summed E-state index contributed by atoms with van der Waals surface area (Å²) >= 11 is 0. The van der Waals surface area contributed by atoms with Gasteiger partial charge in [-0.15, -0.1) is 10.2 Å². The van der Waals surface area contributed by atoms with Gasteiger partial charge in [-0.05, 0) is 12.8 Å². The predicted octanol–water partition coefficient (Wildman–Crippen LogP) is 2.90. The number of nitrogens with zero attached hydrogens (tertiary/aromatic N) is 2. The maximum atomic E-state index is 13.1. The van der Waals surface area contributed by atoms with Crippen molar-refractivity contribution in [2.24, 2.45) is 0 Å². The second kappa shape index (κ2) is 5.94. The van der Waals surface area contributed by atoms with E-state index in [-0.39, 0.29) is 18.8 Å². The summed E-state index contributed by atoms with van der Waals surface area (Å²) in [5.74, 6) is -1.41. The van der Waals surface area contributed by atoms with E-state index in [9.17, 15) is 8.78 Å². The van der Waals surface area contributed by atoms with Gasteiger partial charge in [0.15, 0.2) is 0 Å². The van der Waals surface area contributed by atoms with E-state index in [4.69, 9.17) is 4.42 Å². The van der Waals surface area contributed by atoms with Gasteiger partial charge in [-0.25, -0.2) is 8.78 Å². The molecule has 4 nitrogen and oxygen atoms in total. The highest BCUT2D eigenvalue weighted by Gasteiger charge is 2.37. The summed E-state index contributed by atoms with van der Waals surface area (Å²) in [7, 11) is 0. The van der Waals surface area contributed by atoms with Gasteiger partial charge in [0.2, 0.25) is 17.7 Å². The largest absolute Gasteiger partial charge is 0.425 e. The van der Waals surface area contributed by atoms with Crippen LogP contribution in [0.5, 0.6) is 0 Å². The molecule has 0 atom stereocenters. The van der Waals surface area contributed by atoms with Gasteiger partial charge in [-0.3, -0.25) is 0 Å². The molecular weight excluding hydrogens is 252 g/mol. The first-order valence-electron chi connectivity index (χ1n) is 6.90. The van der Waals surface area contributed by atoms with Crippen LogP contribution in [0.25, 0.3) is 0 Å².